The zero-order valence-electron chi connectivity index (χ0n) is 23.2. The number of carbonyl (C=O) groups excluding carboxylic acids is 2. The predicted molar refractivity (Wildman–Crippen MR) is 150 cm³/mol. The van der Waals surface area contributed by atoms with Crippen molar-refractivity contribution in [3.05, 3.63) is 89.0 Å². The number of hydrogen-bond acceptors (Lipinski definition) is 2. The summed E-state index contributed by atoms with van der Waals surface area (Å²) in [5, 5.41) is 3.16. The molecular formula is C31H39FN4O2. The SMILES string of the molecule is CC(C)c1cccc(C(C)C)c1NC(=O)N(CC(=O)N1CCn2cccc2C1c1ccc(F)cc1)C(C)C. The zero-order valence-corrected chi connectivity index (χ0v) is 23.2. The fourth-order valence-corrected chi connectivity index (χ4v) is 5.25. The first-order valence-electron chi connectivity index (χ1n) is 13.5. The Morgan fingerprint density at radius 1 is 0.921 bits per heavy atom. The van der Waals surface area contributed by atoms with Crippen molar-refractivity contribution in [2.24, 2.45) is 0 Å². The second-order valence-corrected chi connectivity index (χ2v) is 10.9. The number of hydrogen-bond donors (Lipinski definition) is 1. The maximum absolute atomic E-state index is 13.8. The van der Waals surface area contributed by atoms with Gasteiger partial charge in [0, 0.05) is 36.7 Å². The van der Waals surface area contributed by atoms with Crippen LogP contribution in [-0.4, -0.2) is 45.4 Å². The summed E-state index contributed by atoms with van der Waals surface area (Å²) in [6, 6.07) is 15.6. The molecule has 0 radical (unpaired) electrons. The normalized spacial score (nSPS) is 15.2. The Hall–Kier alpha value is -3.61. The highest BCUT2D eigenvalue weighted by Gasteiger charge is 2.34. The van der Waals surface area contributed by atoms with Crippen molar-refractivity contribution in [2.75, 3.05) is 18.4 Å². The van der Waals surface area contributed by atoms with Crippen LogP contribution in [0.1, 0.15) is 81.8 Å². The summed E-state index contributed by atoms with van der Waals surface area (Å²) in [6.07, 6.45) is 2.00. The fraction of sp³-hybridized carbons (Fsp3) is 0.419. The van der Waals surface area contributed by atoms with Crippen LogP contribution >= 0.6 is 0 Å². The topological polar surface area (TPSA) is 57.6 Å². The first-order chi connectivity index (χ1) is 18.1. The Kier molecular flexibility index (Phi) is 8.24. The number of anilines is 1. The molecule has 0 bridgehead atoms. The van der Waals surface area contributed by atoms with E-state index in [1.54, 1.807) is 17.0 Å². The maximum atomic E-state index is 13.8. The molecule has 4 rings (SSSR count). The highest BCUT2D eigenvalue weighted by molar-refractivity contribution is 5.94. The minimum absolute atomic E-state index is 0.0528. The van der Waals surface area contributed by atoms with Gasteiger partial charge in [-0.25, -0.2) is 9.18 Å². The largest absolute Gasteiger partial charge is 0.348 e. The second kappa shape index (κ2) is 11.4. The van der Waals surface area contributed by atoms with E-state index in [-0.39, 0.29) is 48.2 Å². The molecule has 1 aromatic heterocycles. The van der Waals surface area contributed by atoms with Gasteiger partial charge in [-0.3, -0.25) is 4.79 Å². The lowest BCUT2D eigenvalue weighted by Crippen LogP contribution is -2.50. The van der Waals surface area contributed by atoms with Crippen LogP contribution in [-0.2, 0) is 11.3 Å². The van der Waals surface area contributed by atoms with E-state index in [2.05, 4.69) is 37.6 Å². The van der Waals surface area contributed by atoms with E-state index in [4.69, 9.17) is 0 Å². The van der Waals surface area contributed by atoms with Gasteiger partial charge in [0.25, 0.3) is 0 Å². The first-order valence-corrected chi connectivity index (χ1v) is 13.5. The molecule has 0 fully saturated rings. The number of nitrogens with zero attached hydrogens (tertiary/aromatic N) is 3. The Labute approximate surface area is 225 Å². The number of urea groups is 1. The minimum Gasteiger partial charge on any atom is -0.348 e. The number of amides is 3. The first kappa shape index (κ1) is 27.4. The number of halogens is 1. The molecule has 1 aliphatic heterocycles. The summed E-state index contributed by atoms with van der Waals surface area (Å²) >= 11 is 0. The van der Waals surface area contributed by atoms with E-state index < -0.39 is 0 Å². The van der Waals surface area contributed by atoms with E-state index in [0.717, 1.165) is 28.1 Å². The van der Waals surface area contributed by atoms with Crippen LogP contribution in [0.5, 0.6) is 0 Å². The standard InChI is InChI=1S/C31H39FN4O2/c1-20(2)25-9-7-10-26(21(3)4)29(25)33-31(38)36(22(5)6)19-28(37)35-18-17-34-16-8-11-27(34)30(35)23-12-14-24(32)15-13-23/h7-16,20-22,30H,17-19H2,1-6H3,(H,33,38). The average molecular weight is 519 g/mol. The molecule has 0 spiro atoms. The highest BCUT2D eigenvalue weighted by Crippen LogP contribution is 2.34. The van der Waals surface area contributed by atoms with Gasteiger partial charge in [0.05, 0.1) is 6.04 Å². The third-order valence-electron chi connectivity index (χ3n) is 7.34. The van der Waals surface area contributed by atoms with Crippen LogP contribution in [0.4, 0.5) is 14.9 Å². The molecule has 1 unspecified atom stereocenters. The second-order valence-electron chi connectivity index (χ2n) is 10.9. The molecule has 3 amide bonds. The quantitative estimate of drug-likeness (QED) is 0.376. The lowest BCUT2D eigenvalue weighted by Gasteiger charge is -2.39. The summed E-state index contributed by atoms with van der Waals surface area (Å²) in [7, 11) is 0. The van der Waals surface area contributed by atoms with Gasteiger partial charge in [0.1, 0.15) is 12.4 Å². The Balaban J connectivity index is 1.61. The molecule has 38 heavy (non-hydrogen) atoms. The van der Waals surface area contributed by atoms with Crippen LogP contribution in [0.25, 0.3) is 0 Å². The number of fused-ring (bicyclic) bond motifs is 1. The van der Waals surface area contributed by atoms with Crippen molar-refractivity contribution in [1.82, 2.24) is 14.4 Å². The van der Waals surface area contributed by atoms with Crippen molar-refractivity contribution < 1.29 is 14.0 Å². The van der Waals surface area contributed by atoms with Crippen molar-refractivity contribution in [1.29, 1.82) is 0 Å². The van der Waals surface area contributed by atoms with Crippen LogP contribution < -0.4 is 5.32 Å². The number of rotatable bonds is 7. The summed E-state index contributed by atoms with van der Waals surface area (Å²) in [4.78, 5) is 30.9. The monoisotopic (exact) mass is 518 g/mol. The number of benzene rings is 2. The van der Waals surface area contributed by atoms with Crippen LogP contribution in [0.15, 0.2) is 60.8 Å². The number of nitrogens with one attached hydrogen (secondary N) is 1. The van der Waals surface area contributed by atoms with Crippen LogP contribution in [0.3, 0.4) is 0 Å². The molecule has 1 N–H and O–H groups in total. The molecule has 202 valence electrons. The van der Waals surface area contributed by atoms with Gasteiger partial charge in [-0.05, 0) is 66.6 Å². The molecule has 2 aromatic carbocycles. The Bertz CT molecular complexity index is 1250. The highest BCUT2D eigenvalue weighted by atomic mass is 19.1. The zero-order chi connectivity index (χ0) is 27.6. The van der Waals surface area contributed by atoms with Gasteiger partial charge < -0.3 is 19.7 Å². The van der Waals surface area contributed by atoms with Crippen LogP contribution in [0.2, 0.25) is 0 Å². The molecule has 1 atom stereocenters. The molecular weight excluding hydrogens is 479 g/mol. The van der Waals surface area contributed by atoms with Crippen molar-refractivity contribution >= 4 is 17.6 Å². The third-order valence-corrected chi connectivity index (χ3v) is 7.34. The molecule has 0 aliphatic carbocycles. The van der Waals surface area contributed by atoms with E-state index >= 15 is 0 Å². The average Bonchev–Trinajstić information content (AvgIpc) is 3.35. The maximum Gasteiger partial charge on any atom is 0.322 e. The number of carbonyl (C=O) groups is 2. The number of para-hydroxylation sites is 1. The molecule has 0 saturated heterocycles. The third kappa shape index (κ3) is 5.62. The summed E-state index contributed by atoms with van der Waals surface area (Å²) in [5.74, 6) is 0.0122. The summed E-state index contributed by atoms with van der Waals surface area (Å²) in [6.45, 7) is 13.4. The minimum atomic E-state index is -0.349. The molecule has 0 saturated carbocycles. The van der Waals surface area contributed by atoms with Gasteiger partial charge in [-0.1, -0.05) is 58.0 Å². The predicted octanol–water partition coefficient (Wildman–Crippen LogP) is 6.75. The van der Waals surface area contributed by atoms with Crippen molar-refractivity contribution in [3.8, 4) is 0 Å². The Morgan fingerprint density at radius 3 is 2.13 bits per heavy atom. The van der Waals surface area contributed by atoms with Crippen LogP contribution in [0, 0.1) is 5.82 Å². The van der Waals surface area contributed by atoms with E-state index in [1.807, 2.05) is 55.3 Å². The van der Waals surface area contributed by atoms with Crippen molar-refractivity contribution in [3.63, 3.8) is 0 Å². The van der Waals surface area contributed by atoms with E-state index in [0.29, 0.717) is 13.1 Å². The summed E-state index contributed by atoms with van der Waals surface area (Å²) < 4.78 is 15.8. The molecule has 7 heteroatoms. The van der Waals surface area contributed by atoms with Gasteiger partial charge in [0.2, 0.25) is 5.91 Å². The molecule has 2 heterocycles. The molecule has 1 aliphatic rings. The van der Waals surface area contributed by atoms with E-state index in [1.165, 1.54) is 12.1 Å². The lowest BCUT2D eigenvalue weighted by atomic mass is 9.93. The Morgan fingerprint density at radius 2 is 1.55 bits per heavy atom. The van der Waals surface area contributed by atoms with Gasteiger partial charge >= 0.3 is 6.03 Å². The van der Waals surface area contributed by atoms with Gasteiger partial charge in [-0.2, -0.15) is 0 Å². The van der Waals surface area contributed by atoms with Gasteiger partial charge in [-0.15, -0.1) is 0 Å². The van der Waals surface area contributed by atoms with Gasteiger partial charge in [0.15, 0.2) is 0 Å². The molecule has 3 aromatic rings. The lowest BCUT2D eigenvalue weighted by molar-refractivity contribution is -0.134. The number of aromatic nitrogens is 1. The van der Waals surface area contributed by atoms with Crippen molar-refractivity contribution in [2.45, 2.75) is 72.0 Å². The fourth-order valence-electron chi connectivity index (χ4n) is 5.25. The molecule has 6 nitrogen and oxygen atoms in total. The summed E-state index contributed by atoms with van der Waals surface area (Å²) in [5.41, 5.74) is 4.80. The van der Waals surface area contributed by atoms with E-state index in [9.17, 15) is 14.0 Å². The smallest absolute Gasteiger partial charge is 0.322 e.